The lowest BCUT2D eigenvalue weighted by Crippen LogP contribution is -2.12. The van der Waals surface area contributed by atoms with Crippen molar-refractivity contribution >= 4 is 20.9 Å². The van der Waals surface area contributed by atoms with Crippen molar-refractivity contribution in [2.24, 2.45) is 0 Å². The van der Waals surface area contributed by atoms with Gasteiger partial charge in [-0.15, -0.1) is 0 Å². The molecule has 2 aromatic carbocycles. The monoisotopic (exact) mass is 264 g/mol. The Bertz CT molecular complexity index is 695. The summed E-state index contributed by atoms with van der Waals surface area (Å²) < 4.78 is 32.0. The van der Waals surface area contributed by atoms with E-state index >= 15 is 0 Å². The van der Waals surface area contributed by atoms with E-state index in [1.165, 1.54) is 6.07 Å². The van der Waals surface area contributed by atoms with Crippen LogP contribution in [0.4, 0.5) is 0 Å². The van der Waals surface area contributed by atoms with E-state index in [1.807, 2.05) is 18.2 Å². The Morgan fingerprint density at radius 1 is 0.944 bits per heavy atom. The van der Waals surface area contributed by atoms with Crippen molar-refractivity contribution in [3.05, 3.63) is 42.0 Å². The predicted octanol–water partition coefficient (Wildman–Crippen LogP) is 3.38. The summed E-state index contributed by atoms with van der Waals surface area (Å²) in [6, 6.07) is 10.5. The smallest absolute Gasteiger partial charge is 0.282 e. The van der Waals surface area contributed by atoms with Crippen molar-refractivity contribution in [3.63, 3.8) is 0 Å². The Morgan fingerprint density at radius 3 is 2.06 bits per heavy atom. The summed E-state index contributed by atoms with van der Waals surface area (Å²) in [5.74, 6) is 0. The molecular formula is C14H16O3S. The van der Waals surface area contributed by atoms with Gasteiger partial charge < -0.3 is 0 Å². The van der Waals surface area contributed by atoms with Crippen LogP contribution in [0.2, 0.25) is 0 Å². The van der Waals surface area contributed by atoms with Gasteiger partial charge in [0.1, 0.15) is 4.90 Å². The fourth-order valence-corrected chi connectivity index (χ4v) is 2.87. The van der Waals surface area contributed by atoms with Gasteiger partial charge in [-0.1, -0.05) is 51.1 Å². The Morgan fingerprint density at radius 2 is 1.50 bits per heavy atom. The Labute approximate surface area is 107 Å². The van der Waals surface area contributed by atoms with E-state index in [0.29, 0.717) is 5.39 Å². The second-order valence-corrected chi connectivity index (χ2v) is 6.77. The largest absolute Gasteiger partial charge is 0.295 e. The molecule has 0 atom stereocenters. The first kappa shape index (κ1) is 13.1. The van der Waals surface area contributed by atoms with Crippen LogP contribution >= 0.6 is 0 Å². The summed E-state index contributed by atoms with van der Waals surface area (Å²) in [6.07, 6.45) is 0. The molecule has 0 amide bonds. The lowest BCUT2D eigenvalue weighted by atomic mass is 9.84. The third kappa shape index (κ3) is 2.26. The molecule has 3 nitrogen and oxygen atoms in total. The first-order valence-electron chi connectivity index (χ1n) is 5.71. The molecule has 0 aliphatic carbocycles. The van der Waals surface area contributed by atoms with Crippen LogP contribution in [-0.4, -0.2) is 13.0 Å². The summed E-state index contributed by atoms with van der Waals surface area (Å²) in [5, 5.41) is 1.42. The molecule has 0 heterocycles. The van der Waals surface area contributed by atoms with Gasteiger partial charge in [-0.05, 0) is 22.4 Å². The van der Waals surface area contributed by atoms with Crippen LogP contribution in [0.1, 0.15) is 26.3 Å². The third-order valence-corrected chi connectivity index (χ3v) is 3.88. The fraction of sp³-hybridized carbons (Fsp3) is 0.286. The first-order chi connectivity index (χ1) is 8.21. The van der Waals surface area contributed by atoms with Crippen LogP contribution in [0.5, 0.6) is 0 Å². The van der Waals surface area contributed by atoms with Gasteiger partial charge in [-0.25, -0.2) is 0 Å². The Kier molecular flexibility index (Phi) is 2.95. The maximum Gasteiger partial charge on any atom is 0.295 e. The van der Waals surface area contributed by atoms with Crippen molar-refractivity contribution in [2.75, 3.05) is 0 Å². The highest BCUT2D eigenvalue weighted by molar-refractivity contribution is 7.86. The molecule has 0 fully saturated rings. The molecule has 2 aromatic rings. The van der Waals surface area contributed by atoms with E-state index in [9.17, 15) is 13.0 Å². The molecule has 0 aliphatic rings. The molecule has 18 heavy (non-hydrogen) atoms. The van der Waals surface area contributed by atoms with Gasteiger partial charge in [0.05, 0.1) is 0 Å². The zero-order chi connectivity index (χ0) is 13.6. The molecule has 96 valence electrons. The third-order valence-electron chi connectivity index (χ3n) is 2.97. The highest BCUT2D eigenvalue weighted by atomic mass is 32.2. The van der Waals surface area contributed by atoms with Gasteiger partial charge in [0.25, 0.3) is 10.1 Å². The van der Waals surface area contributed by atoms with Crippen LogP contribution < -0.4 is 0 Å². The lowest BCUT2D eigenvalue weighted by molar-refractivity contribution is 0.484. The molecule has 0 saturated heterocycles. The average Bonchev–Trinajstić information content (AvgIpc) is 2.24. The van der Waals surface area contributed by atoms with Crippen molar-refractivity contribution in [3.8, 4) is 0 Å². The van der Waals surface area contributed by atoms with E-state index in [1.54, 1.807) is 12.1 Å². The van der Waals surface area contributed by atoms with E-state index in [0.717, 1.165) is 10.9 Å². The maximum atomic E-state index is 11.4. The van der Waals surface area contributed by atoms with Gasteiger partial charge in [0.2, 0.25) is 0 Å². The number of hydrogen-bond donors (Lipinski definition) is 1. The standard InChI is InChI=1S/C14H16O3S/c1-14(2,3)12-8-4-7-11-10(12)6-5-9-13(11)18(15,16)17/h4-9H,1-3H3,(H,15,16,17). The van der Waals surface area contributed by atoms with Crippen molar-refractivity contribution in [1.82, 2.24) is 0 Å². The highest BCUT2D eigenvalue weighted by Gasteiger charge is 2.20. The summed E-state index contributed by atoms with van der Waals surface area (Å²) in [7, 11) is -4.19. The molecule has 0 aromatic heterocycles. The maximum absolute atomic E-state index is 11.4. The van der Waals surface area contributed by atoms with Gasteiger partial charge in [0, 0.05) is 5.39 Å². The van der Waals surface area contributed by atoms with E-state index < -0.39 is 10.1 Å². The highest BCUT2D eigenvalue weighted by Crippen LogP contribution is 2.32. The van der Waals surface area contributed by atoms with Gasteiger partial charge in [0.15, 0.2) is 0 Å². The number of rotatable bonds is 1. The molecule has 0 bridgehead atoms. The van der Waals surface area contributed by atoms with Gasteiger partial charge in [-0.3, -0.25) is 4.55 Å². The minimum absolute atomic E-state index is 0.0360. The topological polar surface area (TPSA) is 54.4 Å². The van der Waals surface area contributed by atoms with Crippen LogP contribution in [0, 0.1) is 0 Å². The molecule has 0 spiro atoms. The van der Waals surface area contributed by atoms with E-state index in [2.05, 4.69) is 20.8 Å². The molecule has 1 N–H and O–H groups in total. The average molecular weight is 264 g/mol. The minimum atomic E-state index is -4.19. The van der Waals surface area contributed by atoms with Crippen molar-refractivity contribution < 1.29 is 13.0 Å². The van der Waals surface area contributed by atoms with Gasteiger partial charge >= 0.3 is 0 Å². The van der Waals surface area contributed by atoms with Crippen LogP contribution in [0.3, 0.4) is 0 Å². The number of hydrogen-bond acceptors (Lipinski definition) is 2. The SMILES string of the molecule is CC(C)(C)c1cccc2c(S(=O)(=O)O)cccc12. The number of benzene rings is 2. The fourth-order valence-electron chi connectivity index (χ4n) is 2.16. The molecule has 0 radical (unpaired) electrons. The molecule has 4 heteroatoms. The predicted molar refractivity (Wildman–Crippen MR) is 72.5 cm³/mol. The summed E-state index contributed by atoms with van der Waals surface area (Å²) in [4.78, 5) is -0.0360. The van der Waals surface area contributed by atoms with Gasteiger partial charge in [-0.2, -0.15) is 8.42 Å². The van der Waals surface area contributed by atoms with Crippen LogP contribution in [0.25, 0.3) is 10.8 Å². The molecule has 0 saturated carbocycles. The van der Waals surface area contributed by atoms with Crippen molar-refractivity contribution in [2.45, 2.75) is 31.1 Å². The van der Waals surface area contributed by atoms with E-state index in [-0.39, 0.29) is 10.3 Å². The van der Waals surface area contributed by atoms with Crippen LogP contribution in [0.15, 0.2) is 41.3 Å². The second-order valence-electron chi connectivity index (χ2n) is 5.38. The Balaban J connectivity index is 2.91. The first-order valence-corrected chi connectivity index (χ1v) is 7.15. The summed E-state index contributed by atoms with van der Waals surface area (Å²) >= 11 is 0. The van der Waals surface area contributed by atoms with E-state index in [4.69, 9.17) is 0 Å². The molecular weight excluding hydrogens is 248 g/mol. The Hall–Kier alpha value is -1.39. The molecule has 2 rings (SSSR count). The lowest BCUT2D eigenvalue weighted by Gasteiger charge is -2.21. The molecule has 0 aliphatic heterocycles. The zero-order valence-electron chi connectivity index (χ0n) is 10.6. The molecule has 0 unspecified atom stereocenters. The normalized spacial score (nSPS) is 12.9. The zero-order valence-corrected chi connectivity index (χ0v) is 11.5. The van der Waals surface area contributed by atoms with Crippen molar-refractivity contribution in [1.29, 1.82) is 0 Å². The van der Waals surface area contributed by atoms with Crippen LogP contribution in [-0.2, 0) is 15.5 Å². The second kappa shape index (κ2) is 4.07. The quantitative estimate of drug-likeness (QED) is 0.803. The summed E-state index contributed by atoms with van der Waals surface area (Å²) in [6.45, 7) is 6.21. The minimum Gasteiger partial charge on any atom is -0.282 e. The summed E-state index contributed by atoms with van der Waals surface area (Å²) in [5.41, 5.74) is 0.975. The number of fused-ring (bicyclic) bond motifs is 1.